The summed E-state index contributed by atoms with van der Waals surface area (Å²) in [4.78, 5) is 16.1. The third-order valence-corrected chi connectivity index (χ3v) is 6.05. The molecule has 7 nitrogen and oxygen atoms in total. The summed E-state index contributed by atoms with van der Waals surface area (Å²) < 4.78 is 1.82. The van der Waals surface area contributed by atoms with E-state index in [0.717, 1.165) is 33.3 Å². The highest BCUT2D eigenvalue weighted by molar-refractivity contribution is 5.93. The molecule has 1 aliphatic carbocycles. The summed E-state index contributed by atoms with van der Waals surface area (Å²) in [5.41, 5.74) is 12.8. The average molecular weight is 410 g/mol. The van der Waals surface area contributed by atoms with E-state index >= 15 is 0 Å². The Morgan fingerprint density at radius 2 is 2.03 bits per heavy atom. The molecule has 0 bridgehead atoms. The number of nitrogens with one attached hydrogen (secondary N) is 1. The Kier molecular flexibility index (Phi) is 4.45. The number of rotatable bonds is 4. The SMILES string of the molecule is [C-]#[N+]c1c(C)cc(C2CC2)cc1-c1c(-c2ccc3c(=O)[nH]nc(CN)c3c2)cnn1C. The smallest absolute Gasteiger partial charge is 0.272 e. The van der Waals surface area contributed by atoms with Crippen LogP contribution in [0.15, 0.2) is 41.3 Å². The van der Waals surface area contributed by atoms with Crippen LogP contribution in [0.25, 0.3) is 38.0 Å². The Bertz CT molecular complexity index is 1440. The number of benzene rings is 2. The Balaban J connectivity index is 1.76. The standard InChI is InChI=1S/C24H22N6O/c1-13-8-16(14-4-5-14)10-19(22(13)26-2)23-20(12-27-30(23)3)15-6-7-17-18(9-15)21(11-25)28-29-24(17)31/h6-10,12,14H,4-5,11,25H2,1,3H3,(H,29,31). The maximum absolute atomic E-state index is 12.2. The fourth-order valence-electron chi connectivity index (χ4n) is 4.30. The number of nitrogens with zero attached hydrogens (tertiary/aromatic N) is 4. The van der Waals surface area contributed by atoms with Gasteiger partial charge in [-0.2, -0.15) is 10.2 Å². The molecule has 7 heteroatoms. The highest BCUT2D eigenvalue weighted by Gasteiger charge is 2.26. The van der Waals surface area contributed by atoms with Crippen molar-refractivity contribution in [3.8, 4) is 22.4 Å². The molecule has 2 aromatic carbocycles. The quantitative estimate of drug-likeness (QED) is 0.493. The molecule has 0 aliphatic heterocycles. The van der Waals surface area contributed by atoms with Gasteiger partial charge in [0, 0.05) is 30.1 Å². The van der Waals surface area contributed by atoms with Crippen LogP contribution in [-0.4, -0.2) is 20.0 Å². The molecule has 3 N–H and O–H groups in total. The van der Waals surface area contributed by atoms with Crippen LogP contribution >= 0.6 is 0 Å². The minimum Gasteiger partial charge on any atom is -0.325 e. The van der Waals surface area contributed by atoms with Crippen LogP contribution < -0.4 is 11.3 Å². The summed E-state index contributed by atoms with van der Waals surface area (Å²) >= 11 is 0. The van der Waals surface area contributed by atoms with E-state index in [9.17, 15) is 4.79 Å². The lowest BCUT2D eigenvalue weighted by atomic mass is 9.94. The van der Waals surface area contributed by atoms with E-state index in [4.69, 9.17) is 12.3 Å². The van der Waals surface area contributed by atoms with Gasteiger partial charge >= 0.3 is 0 Å². The first-order valence-corrected chi connectivity index (χ1v) is 10.3. The maximum Gasteiger partial charge on any atom is 0.272 e. The minimum atomic E-state index is -0.242. The van der Waals surface area contributed by atoms with Crippen LogP contribution in [0.5, 0.6) is 0 Å². The number of nitrogens with two attached hydrogens (primary N) is 1. The van der Waals surface area contributed by atoms with E-state index in [2.05, 4.69) is 32.3 Å². The number of aromatic amines is 1. The average Bonchev–Trinajstić information content (AvgIpc) is 3.55. The molecular weight excluding hydrogens is 388 g/mol. The maximum atomic E-state index is 12.2. The zero-order chi connectivity index (χ0) is 21.7. The molecule has 5 rings (SSSR count). The lowest BCUT2D eigenvalue weighted by Gasteiger charge is -2.14. The Morgan fingerprint density at radius 1 is 1.23 bits per heavy atom. The van der Waals surface area contributed by atoms with Crippen molar-refractivity contribution in [1.29, 1.82) is 0 Å². The first-order valence-electron chi connectivity index (χ1n) is 10.3. The van der Waals surface area contributed by atoms with Gasteiger partial charge in [-0.3, -0.25) is 9.48 Å². The number of hydrogen-bond donors (Lipinski definition) is 2. The fraction of sp³-hybridized carbons (Fsp3) is 0.250. The summed E-state index contributed by atoms with van der Waals surface area (Å²) in [6, 6.07) is 9.94. The Morgan fingerprint density at radius 3 is 2.74 bits per heavy atom. The molecule has 2 heterocycles. The van der Waals surface area contributed by atoms with E-state index in [0.29, 0.717) is 22.7 Å². The van der Waals surface area contributed by atoms with Crippen LogP contribution in [0, 0.1) is 13.5 Å². The van der Waals surface area contributed by atoms with Crippen molar-refractivity contribution in [3.63, 3.8) is 0 Å². The van der Waals surface area contributed by atoms with E-state index in [1.165, 1.54) is 18.4 Å². The summed E-state index contributed by atoms with van der Waals surface area (Å²) in [7, 11) is 1.89. The molecule has 0 amide bonds. The Labute approximate surface area is 179 Å². The highest BCUT2D eigenvalue weighted by atomic mass is 16.1. The van der Waals surface area contributed by atoms with Gasteiger partial charge in [0.1, 0.15) is 0 Å². The lowest BCUT2D eigenvalue weighted by Crippen LogP contribution is -2.13. The number of fused-ring (bicyclic) bond motifs is 1. The van der Waals surface area contributed by atoms with Crippen molar-refractivity contribution in [2.75, 3.05) is 0 Å². The summed E-state index contributed by atoms with van der Waals surface area (Å²) in [6.45, 7) is 10.0. The van der Waals surface area contributed by atoms with Crippen LogP contribution in [0.3, 0.4) is 0 Å². The fourth-order valence-corrected chi connectivity index (χ4v) is 4.30. The number of H-pyrrole nitrogens is 1. The van der Waals surface area contributed by atoms with Gasteiger partial charge in [0.25, 0.3) is 5.56 Å². The van der Waals surface area contributed by atoms with Crippen molar-refractivity contribution in [2.24, 2.45) is 12.8 Å². The van der Waals surface area contributed by atoms with Crippen molar-refractivity contribution in [3.05, 3.63) is 75.1 Å². The predicted molar refractivity (Wildman–Crippen MR) is 121 cm³/mol. The molecule has 154 valence electrons. The van der Waals surface area contributed by atoms with E-state index in [1.54, 1.807) is 6.07 Å². The van der Waals surface area contributed by atoms with Crippen molar-refractivity contribution < 1.29 is 0 Å². The van der Waals surface area contributed by atoms with Gasteiger partial charge < -0.3 is 5.73 Å². The predicted octanol–water partition coefficient (Wildman–Crippen LogP) is 4.19. The summed E-state index contributed by atoms with van der Waals surface area (Å²) in [5.74, 6) is 0.583. The van der Waals surface area contributed by atoms with Gasteiger partial charge in [-0.05, 0) is 54.5 Å². The van der Waals surface area contributed by atoms with Gasteiger partial charge in [-0.1, -0.05) is 18.2 Å². The second kappa shape index (κ2) is 7.18. The van der Waals surface area contributed by atoms with Gasteiger partial charge in [0.15, 0.2) is 5.69 Å². The van der Waals surface area contributed by atoms with E-state index < -0.39 is 0 Å². The lowest BCUT2D eigenvalue weighted by molar-refractivity contribution is 0.776. The molecule has 31 heavy (non-hydrogen) atoms. The number of aryl methyl sites for hydroxylation is 2. The van der Waals surface area contributed by atoms with Gasteiger partial charge in [0.2, 0.25) is 0 Å². The zero-order valence-corrected chi connectivity index (χ0v) is 17.4. The molecule has 1 saturated carbocycles. The molecule has 0 atom stereocenters. The van der Waals surface area contributed by atoms with Gasteiger partial charge in [-0.25, -0.2) is 9.94 Å². The summed E-state index contributed by atoms with van der Waals surface area (Å²) in [6.07, 6.45) is 4.21. The van der Waals surface area contributed by atoms with Gasteiger partial charge in [-0.15, -0.1) is 0 Å². The molecule has 0 unspecified atom stereocenters. The summed E-state index contributed by atoms with van der Waals surface area (Å²) in [5, 5.41) is 12.4. The van der Waals surface area contributed by atoms with Crippen molar-refractivity contribution in [1.82, 2.24) is 20.0 Å². The normalized spacial score (nSPS) is 13.5. The van der Waals surface area contributed by atoms with Crippen LogP contribution in [-0.2, 0) is 13.6 Å². The van der Waals surface area contributed by atoms with Crippen molar-refractivity contribution >= 4 is 16.5 Å². The second-order valence-corrected chi connectivity index (χ2v) is 8.11. The third-order valence-electron chi connectivity index (χ3n) is 6.05. The molecule has 2 aromatic heterocycles. The highest BCUT2D eigenvalue weighted by Crippen LogP contribution is 2.46. The van der Waals surface area contributed by atoms with Crippen LogP contribution in [0.4, 0.5) is 5.69 Å². The van der Waals surface area contributed by atoms with Crippen LogP contribution in [0.2, 0.25) is 0 Å². The molecule has 0 radical (unpaired) electrons. The van der Waals surface area contributed by atoms with E-state index in [-0.39, 0.29) is 12.1 Å². The topological polar surface area (TPSA) is 93.9 Å². The first-order chi connectivity index (χ1) is 15.0. The molecule has 4 aromatic rings. The van der Waals surface area contributed by atoms with Crippen molar-refractivity contribution in [2.45, 2.75) is 32.2 Å². The first kappa shape index (κ1) is 19.2. The number of aromatic nitrogens is 4. The monoisotopic (exact) mass is 410 g/mol. The molecular formula is C24H22N6O. The third kappa shape index (κ3) is 3.13. The molecule has 0 saturated heterocycles. The largest absolute Gasteiger partial charge is 0.325 e. The molecule has 0 spiro atoms. The minimum absolute atomic E-state index is 0.223. The van der Waals surface area contributed by atoms with E-state index in [1.807, 2.05) is 37.0 Å². The zero-order valence-electron chi connectivity index (χ0n) is 17.4. The van der Waals surface area contributed by atoms with Gasteiger partial charge in [0.05, 0.1) is 29.5 Å². The second-order valence-electron chi connectivity index (χ2n) is 8.11. The molecule has 1 fully saturated rings. The number of hydrogen-bond acceptors (Lipinski definition) is 4. The molecule has 1 aliphatic rings. The Hall–Kier alpha value is -3.76. The van der Waals surface area contributed by atoms with Crippen LogP contribution in [0.1, 0.15) is 35.6 Å².